The molecular formula is C29H37NO4. The largest absolute Gasteiger partial charge is 0.497 e. The van der Waals surface area contributed by atoms with Crippen LogP contribution in [0.15, 0.2) is 48.5 Å². The van der Waals surface area contributed by atoms with Gasteiger partial charge in [0.1, 0.15) is 11.5 Å². The summed E-state index contributed by atoms with van der Waals surface area (Å²) in [4.78, 5) is 15.4. The van der Waals surface area contributed by atoms with E-state index in [4.69, 9.17) is 9.47 Å². The van der Waals surface area contributed by atoms with E-state index in [2.05, 4.69) is 38.1 Å². The van der Waals surface area contributed by atoms with Crippen molar-refractivity contribution in [3.05, 3.63) is 65.2 Å². The number of aliphatic hydroxyl groups is 1. The molecule has 0 unspecified atom stereocenters. The van der Waals surface area contributed by atoms with Gasteiger partial charge in [0.25, 0.3) is 0 Å². The van der Waals surface area contributed by atoms with Crippen LogP contribution in [0.3, 0.4) is 0 Å². The Balaban J connectivity index is 1.66. The first kappa shape index (κ1) is 24.3. The van der Waals surface area contributed by atoms with Crippen LogP contribution in [0, 0.1) is 5.92 Å². The quantitative estimate of drug-likeness (QED) is 0.556. The summed E-state index contributed by atoms with van der Waals surface area (Å²) in [6.07, 6.45) is 7.92. The minimum atomic E-state index is -0.749. The molecule has 1 heterocycles. The van der Waals surface area contributed by atoms with Crippen molar-refractivity contribution in [2.75, 3.05) is 20.8 Å². The molecule has 1 amide bonds. The van der Waals surface area contributed by atoms with Crippen molar-refractivity contribution in [1.82, 2.24) is 4.90 Å². The first-order valence-corrected chi connectivity index (χ1v) is 12.4. The van der Waals surface area contributed by atoms with Crippen molar-refractivity contribution >= 4 is 12.0 Å². The minimum absolute atomic E-state index is 0.0278. The van der Waals surface area contributed by atoms with Crippen molar-refractivity contribution in [1.29, 1.82) is 0 Å². The van der Waals surface area contributed by atoms with Crippen molar-refractivity contribution < 1.29 is 19.4 Å². The lowest BCUT2D eigenvalue weighted by atomic mass is 9.66. The van der Waals surface area contributed by atoms with E-state index in [1.165, 1.54) is 5.56 Å². The summed E-state index contributed by atoms with van der Waals surface area (Å²) in [5.41, 5.74) is 2.46. The van der Waals surface area contributed by atoms with Crippen LogP contribution in [-0.2, 0) is 4.79 Å². The molecule has 2 aromatic carbocycles. The highest BCUT2D eigenvalue weighted by Gasteiger charge is 2.50. The first-order valence-electron chi connectivity index (χ1n) is 12.4. The number of ether oxygens (including phenoxy) is 2. The molecule has 0 radical (unpaired) electrons. The van der Waals surface area contributed by atoms with Gasteiger partial charge in [-0.15, -0.1) is 0 Å². The van der Waals surface area contributed by atoms with Crippen LogP contribution in [0.1, 0.15) is 74.6 Å². The number of nitrogens with zero attached hydrogens (tertiary/aromatic N) is 1. The lowest BCUT2D eigenvalue weighted by Gasteiger charge is -2.52. The van der Waals surface area contributed by atoms with Gasteiger partial charge < -0.3 is 19.5 Å². The third-order valence-corrected chi connectivity index (χ3v) is 7.63. The summed E-state index contributed by atoms with van der Waals surface area (Å²) in [6.45, 7) is 4.86. The van der Waals surface area contributed by atoms with Crippen LogP contribution in [0.25, 0.3) is 6.08 Å². The number of amides is 1. The van der Waals surface area contributed by atoms with Gasteiger partial charge in [-0.05, 0) is 54.5 Å². The van der Waals surface area contributed by atoms with Crippen molar-refractivity contribution in [2.45, 2.75) is 63.5 Å². The number of fused-ring (bicyclic) bond motifs is 1. The van der Waals surface area contributed by atoms with Crippen LogP contribution in [-0.4, -0.2) is 42.3 Å². The molecule has 1 aliphatic heterocycles. The predicted octanol–water partition coefficient (Wildman–Crippen LogP) is 5.74. The zero-order valence-electron chi connectivity index (χ0n) is 20.8. The number of hydrogen-bond acceptors (Lipinski definition) is 4. The van der Waals surface area contributed by atoms with Gasteiger partial charge in [0.2, 0.25) is 5.91 Å². The smallest absolute Gasteiger partial charge is 0.247 e. The lowest BCUT2D eigenvalue weighted by Crippen LogP contribution is -2.56. The van der Waals surface area contributed by atoms with Crippen molar-refractivity contribution in [3.8, 4) is 11.5 Å². The van der Waals surface area contributed by atoms with Crippen LogP contribution < -0.4 is 9.47 Å². The molecule has 1 saturated carbocycles. The Bertz CT molecular complexity index is 1030. The van der Waals surface area contributed by atoms with Gasteiger partial charge in [-0.25, -0.2) is 0 Å². The monoisotopic (exact) mass is 463 g/mol. The first-order chi connectivity index (χ1) is 16.4. The molecular weight excluding hydrogens is 426 g/mol. The Morgan fingerprint density at radius 2 is 1.85 bits per heavy atom. The highest BCUT2D eigenvalue weighted by Crippen LogP contribution is 2.51. The molecule has 2 aliphatic rings. The number of methoxy groups -OCH3 is 2. The Hall–Kier alpha value is -2.79. The molecule has 182 valence electrons. The van der Waals surface area contributed by atoms with E-state index in [9.17, 15) is 9.90 Å². The second-order valence-electron chi connectivity index (χ2n) is 9.94. The van der Waals surface area contributed by atoms with Gasteiger partial charge in [0.15, 0.2) is 0 Å². The van der Waals surface area contributed by atoms with Gasteiger partial charge in [-0.2, -0.15) is 0 Å². The molecule has 5 nitrogen and oxygen atoms in total. The van der Waals surface area contributed by atoms with Gasteiger partial charge in [-0.1, -0.05) is 51.0 Å². The Labute approximate surface area is 203 Å². The number of benzene rings is 2. The summed E-state index contributed by atoms with van der Waals surface area (Å²) in [6, 6.07) is 13.8. The molecule has 1 saturated heterocycles. The van der Waals surface area contributed by atoms with E-state index in [0.29, 0.717) is 30.4 Å². The van der Waals surface area contributed by atoms with E-state index in [-0.39, 0.29) is 17.9 Å². The maximum Gasteiger partial charge on any atom is 0.247 e. The van der Waals surface area contributed by atoms with E-state index in [1.54, 1.807) is 20.3 Å². The zero-order chi connectivity index (χ0) is 24.3. The number of hydrogen-bond donors (Lipinski definition) is 1. The standard InChI is InChI=1S/C29H37NO4/c1-20(2)22-11-8-21(9-12-22)10-15-27(31)30-18-17-29(32)16-6-5-7-25(29)28(30)24-14-13-23(33-3)19-26(24)34-4/h8-15,19-20,25,28,32H,5-7,16-18H2,1-4H3/b15-10+/t25-,28+,29+/m1/s1. The fraction of sp³-hybridized carbons (Fsp3) is 0.483. The summed E-state index contributed by atoms with van der Waals surface area (Å²) in [5, 5.41) is 11.5. The van der Waals surface area contributed by atoms with E-state index in [1.807, 2.05) is 29.2 Å². The Morgan fingerprint density at radius 3 is 2.53 bits per heavy atom. The van der Waals surface area contributed by atoms with Crippen LogP contribution in [0.4, 0.5) is 0 Å². The van der Waals surface area contributed by atoms with Crippen LogP contribution in [0.5, 0.6) is 11.5 Å². The van der Waals surface area contributed by atoms with E-state index < -0.39 is 5.60 Å². The number of carbonyl (C=O) groups is 1. The molecule has 0 spiro atoms. The average Bonchev–Trinajstić information content (AvgIpc) is 2.86. The van der Waals surface area contributed by atoms with Gasteiger partial charge in [0.05, 0.1) is 25.9 Å². The zero-order valence-corrected chi connectivity index (χ0v) is 20.8. The van der Waals surface area contributed by atoms with Gasteiger partial charge in [-0.3, -0.25) is 4.79 Å². The topological polar surface area (TPSA) is 59.0 Å². The van der Waals surface area contributed by atoms with E-state index in [0.717, 1.165) is 36.8 Å². The molecule has 1 aliphatic carbocycles. The Kier molecular flexibility index (Phi) is 7.32. The lowest BCUT2D eigenvalue weighted by molar-refractivity contribution is -0.151. The van der Waals surface area contributed by atoms with Crippen molar-refractivity contribution in [2.24, 2.45) is 5.92 Å². The average molecular weight is 464 g/mol. The predicted molar refractivity (Wildman–Crippen MR) is 135 cm³/mol. The number of carbonyl (C=O) groups excluding carboxylic acids is 1. The third kappa shape index (κ3) is 4.85. The molecule has 34 heavy (non-hydrogen) atoms. The summed E-state index contributed by atoms with van der Waals surface area (Å²) in [7, 11) is 3.27. The summed E-state index contributed by atoms with van der Waals surface area (Å²) >= 11 is 0. The maximum absolute atomic E-state index is 13.5. The molecule has 0 aromatic heterocycles. The SMILES string of the molecule is COc1ccc([C@H]2[C@H]3CCCC[C@]3(O)CCN2C(=O)/C=C/c2ccc(C(C)C)cc2)c(OC)c1. The maximum atomic E-state index is 13.5. The molecule has 5 heteroatoms. The molecule has 4 rings (SSSR count). The third-order valence-electron chi connectivity index (χ3n) is 7.63. The van der Waals surface area contributed by atoms with Gasteiger partial charge >= 0.3 is 0 Å². The second-order valence-corrected chi connectivity index (χ2v) is 9.94. The highest BCUT2D eigenvalue weighted by molar-refractivity contribution is 5.92. The molecule has 0 bridgehead atoms. The second kappa shape index (κ2) is 10.2. The molecule has 2 fully saturated rings. The van der Waals surface area contributed by atoms with Crippen molar-refractivity contribution in [3.63, 3.8) is 0 Å². The summed E-state index contributed by atoms with van der Waals surface area (Å²) < 4.78 is 11.1. The highest BCUT2D eigenvalue weighted by atomic mass is 16.5. The molecule has 1 N–H and O–H groups in total. The fourth-order valence-corrected chi connectivity index (χ4v) is 5.63. The molecule has 2 aromatic rings. The fourth-order valence-electron chi connectivity index (χ4n) is 5.63. The number of rotatable bonds is 6. The number of piperidine rings is 1. The Morgan fingerprint density at radius 1 is 1.09 bits per heavy atom. The number of likely N-dealkylation sites (tertiary alicyclic amines) is 1. The van der Waals surface area contributed by atoms with Gasteiger partial charge in [0, 0.05) is 30.2 Å². The van der Waals surface area contributed by atoms with E-state index >= 15 is 0 Å². The normalized spacial score (nSPS) is 24.8. The minimum Gasteiger partial charge on any atom is -0.497 e. The van der Waals surface area contributed by atoms with Crippen LogP contribution in [0.2, 0.25) is 0 Å². The molecule has 3 atom stereocenters. The summed E-state index contributed by atoms with van der Waals surface area (Å²) in [5.74, 6) is 1.80. The van der Waals surface area contributed by atoms with Crippen LogP contribution >= 0.6 is 0 Å².